The largest absolute Gasteiger partial charge is 0.313 e. The van der Waals surface area contributed by atoms with Crippen LogP contribution in [0.15, 0.2) is 36.5 Å². The van der Waals surface area contributed by atoms with Gasteiger partial charge < -0.3 is 4.57 Å². The van der Waals surface area contributed by atoms with Crippen molar-refractivity contribution >= 4 is 39.4 Å². The number of para-hydroxylation sites is 1. The third-order valence-corrected chi connectivity index (χ3v) is 4.27. The van der Waals surface area contributed by atoms with Gasteiger partial charge in [-0.25, -0.2) is 4.98 Å². The molecular weight excluding hydrogens is 312 g/mol. The fourth-order valence-electron chi connectivity index (χ4n) is 3.21. The summed E-state index contributed by atoms with van der Waals surface area (Å²) in [6.45, 7) is 0. The van der Waals surface area contributed by atoms with Gasteiger partial charge in [0.15, 0.2) is 0 Å². The Labute approximate surface area is 135 Å². The summed E-state index contributed by atoms with van der Waals surface area (Å²) in [7, 11) is 0. The van der Waals surface area contributed by atoms with Crippen LogP contribution in [0, 0.1) is 10.1 Å². The van der Waals surface area contributed by atoms with Gasteiger partial charge in [-0.3, -0.25) is 25.0 Å². The molecule has 1 saturated heterocycles. The van der Waals surface area contributed by atoms with Gasteiger partial charge in [-0.05, 0) is 12.5 Å². The van der Waals surface area contributed by atoms with E-state index in [1.807, 2.05) is 24.3 Å². The Kier molecular flexibility index (Phi) is 3.05. The lowest BCUT2D eigenvalue weighted by molar-refractivity contribution is -0.385. The normalized spacial score (nSPS) is 18.1. The standard InChI is InChI=1S/C16H12N4O4/c21-14-6-5-13(16(22)18-14)19-12-4-2-1-3-10(12)11-7-9(20(23)24)8-17-15(11)19/h1-4,7-8,13H,5-6H2,(H,18,21,22). The van der Waals surface area contributed by atoms with Gasteiger partial charge in [0, 0.05) is 23.3 Å². The Bertz CT molecular complexity index is 1020. The molecule has 1 aliphatic rings. The van der Waals surface area contributed by atoms with E-state index in [-0.39, 0.29) is 23.9 Å². The van der Waals surface area contributed by atoms with Gasteiger partial charge in [-0.1, -0.05) is 18.2 Å². The number of hydrogen-bond donors (Lipinski definition) is 1. The monoisotopic (exact) mass is 324 g/mol. The predicted molar refractivity (Wildman–Crippen MR) is 85.3 cm³/mol. The molecule has 0 radical (unpaired) electrons. The number of fused-ring (bicyclic) bond motifs is 3. The van der Waals surface area contributed by atoms with E-state index in [0.717, 1.165) is 10.9 Å². The van der Waals surface area contributed by atoms with E-state index in [4.69, 9.17) is 0 Å². The van der Waals surface area contributed by atoms with Crippen LogP contribution in [-0.4, -0.2) is 26.3 Å². The van der Waals surface area contributed by atoms with Crippen molar-refractivity contribution in [2.45, 2.75) is 18.9 Å². The summed E-state index contributed by atoms with van der Waals surface area (Å²) in [6, 6.07) is 8.23. The molecule has 4 rings (SSSR count). The minimum absolute atomic E-state index is 0.103. The summed E-state index contributed by atoms with van der Waals surface area (Å²) in [5, 5.41) is 14.8. The molecule has 0 bridgehead atoms. The fourth-order valence-corrected chi connectivity index (χ4v) is 3.21. The number of rotatable bonds is 2. The fraction of sp³-hybridized carbons (Fsp3) is 0.188. The number of benzene rings is 1. The van der Waals surface area contributed by atoms with E-state index in [0.29, 0.717) is 17.5 Å². The zero-order valence-electron chi connectivity index (χ0n) is 12.4. The molecule has 1 N–H and O–H groups in total. The molecule has 0 spiro atoms. The van der Waals surface area contributed by atoms with Crippen LogP contribution >= 0.6 is 0 Å². The molecule has 0 aliphatic carbocycles. The first-order valence-corrected chi connectivity index (χ1v) is 7.43. The molecule has 2 aromatic heterocycles. The quantitative estimate of drug-likeness (QED) is 0.441. The summed E-state index contributed by atoms with van der Waals surface area (Å²) in [6.07, 6.45) is 1.80. The number of imide groups is 1. The van der Waals surface area contributed by atoms with Crippen molar-refractivity contribution in [3.05, 3.63) is 46.6 Å². The molecule has 1 aliphatic heterocycles. The highest BCUT2D eigenvalue weighted by Crippen LogP contribution is 2.34. The summed E-state index contributed by atoms with van der Waals surface area (Å²) in [4.78, 5) is 38.4. The number of pyridine rings is 1. The zero-order chi connectivity index (χ0) is 16.8. The number of nitrogens with one attached hydrogen (secondary N) is 1. The van der Waals surface area contributed by atoms with Crippen molar-refractivity contribution in [3.8, 4) is 0 Å². The van der Waals surface area contributed by atoms with Crippen LogP contribution in [0.1, 0.15) is 18.9 Å². The Morgan fingerprint density at radius 1 is 1.25 bits per heavy atom. The van der Waals surface area contributed by atoms with Crippen molar-refractivity contribution in [3.63, 3.8) is 0 Å². The topological polar surface area (TPSA) is 107 Å². The lowest BCUT2D eigenvalue weighted by atomic mass is 10.1. The first-order chi connectivity index (χ1) is 11.6. The van der Waals surface area contributed by atoms with Crippen LogP contribution in [0.25, 0.3) is 21.9 Å². The molecule has 120 valence electrons. The van der Waals surface area contributed by atoms with Crippen LogP contribution in [0.2, 0.25) is 0 Å². The minimum atomic E-state index is -0.570. The summed E-state index contributed by atoms with van der Waals surface area (Å²) < 4.78 is 1.76. The third-order valence-electron chi connectivity index (χ3n) is 4.27. The van der Waals surface area contributed by atoms with E-state index in [2.05, 4.69) is 10.3 Å². The van der Waals surface area contributed by atoms with Crippen LogP contribution in [0.3, 0.4) is 0 Å². The highest BCUT2D eigenvalue weighted by Gasteiger charge is 2.31. The number of carbonyl (C=O) groups is 2. The van der Waals surface area contributed by atoms with Gasteiger partial charge >= 0.3 is 0 Å². The molecule has 1 unspecified atom stereocenters. The molecule has 2 amide bonds. The number of carbonyl (C=O) groups excluding carboxylic acids is 2. The van der Waals surface area contributed by atoms with Crippen molar-refractivity contribution in [2.24, 2.45) is 0 Å². The molecule has 8 nitrogen and oxygen atoms in total. The molecule has 1 atom stereocenters. The molecule has 1 aromatic carbocycles. The average molecular weight is 324 g/mol. The zero-order valence-corrected chi connectivity index (χ0v) is 12.4. The molecule has 8 heteroatoms. The van der Waals surface area contributed by atoms with Crippen LogP contribution in [0.5, 0.6) is 0 Å². The Morgan fingerprint density at radius 3 is 2.79 bits per heavy atom. The van der Waals surface area contributed by atoms with E-state index >= 15 is 0 Å². The Hall–Kier alpha value is -3.29. The van der Waals surface area contributed by atoms with Gasteiger partial charge in [0.25, 0.3) is 5.69 Å². The minimum Gasteiger partial charge on any atom is -0.313 e. The highest BCUT2D eigenvalue weighted by molar-refractivity contribution is 6.09. The second-order valence-electron chi connectivity index (χ2n) is 5.68. The maximum Gasteiger partial charge on any atom is 0.288 e. The first-order valence-electron chi connectivity index (χ1n) is 7.43. The van der Waals surface area contributed by atoms with Crippen LogP contribution in [0.4, 0.5) is 5.69 Å². The molecule has 0 saturated carbocycles. The maximum atomic E-state index is 12.3. The van der Waals surface area contributed by atoms with Crippen LogP contribution in [-0.2, 0) is 9.59 Å². The van der Waals surface area contributed by atoms with Gasteiger partial charge in [0.2, 0.25) is 11.8 Å². The predicted octanol–water partition coefficient (Wildman–Crippen LogP) is 2.08. The molecule has 24 heavy (non-hydrogen) atoms. The third kappa shape index (κ3) is 2.03. The van der Waals surface area contributed by atoms with Gasteiger partial charge in [0.05, 0.1) is 10.4 Å². The Balaban J connectivity index is 2.01. The van der Waals surface area contributed by atoms with Gasteiger partial charge in [-0.15, -0.1) is 0 Å². The number of aromatic nitrogens is 2. The van der Waals surface area contributed by atoms with Crippen molar-refractivity contribution in [1.29, 1.82) is 0 Å². The average Bonchev–Trinajstić information content (AvgIpc) is 2.89. The van der Waals surface area contributed by atoms with Crippen LogP contribution < -0.4 is 5.32 Å². The molecule has 3 heterocycles. The van der Waals surface area contributed by atoms with E-state index in [9.17, 15) is 19.7 Å². The summed E-state index contributed by atoms with van der Waals surface area (Å²) in [5.74, 6) is -0.672. The van der Waals surface area contributed by atoms with Crippen molar-refractivity contribution in [2.75, 3.05) is 0 Å². The van der Waals surface area contributed by atoms with E-state index < -0.39 is 11.0 Å². The number of amides is 2. The molecule has 3 aromatic rings. The van der Waals surface area contributed by atoms with Crippen molar-refractivity contribution < 1.29 is 14.5 Å². The lowest BCUT2D eigenvalue weighted by Gasteiger charge is -2.23. The first kappa shape index (κ1) is 14.3. The van der Waals surface area contributed by atoms with E-state index in [1.165, 1.54) is 12.3 Å². The molecular formula is C16H12N4O4. The summed E-state index contributed by atoms with van der Waals surface area (Å²) >= 11 is 0. The second kappa shape index (κ2) is 5.12. The smallest absolute Gasteiger partial charge is 0.288 e. The second-order valence-corrected chi connectivity index (χ2v) is 5.68. The molecule has 1 fully saturated rings. The lowest BCUT2D eigenvalue weighted by Crippen LogP contribution is -2.41. The Morgan fingerprint density at radius 2 is 2.04 bits per heavy atom. The summed E-state index contributed by atoms with van der Waals surface area (Å²) in [5.41, 5.74) is 1.15. The van der Waals surface area contributed by atoms with Crippen molar-refractivity contribution in [1.82, 2.24) is 14.9 Å². The SMILES string of the molecule is O=C1CCC(n2c3ccccc3c3cc([N+](=O)[O-])cnc32)C(=O)N1. The highest BCUT2D eigenvalue weighted by atomic mass is 16.6. The van der Waals surface area contributed by atoms with E-state index in [1.54, 1.807) is 4.57 Å². The number of piperidine rings is 1. The van der Waals surface area contributed by atoms with Gasteiger partial charge in [0.1, 0.15) is 17.9 Å². The maximum absolute atomic E-state index is 12.3. The van der Waals surface area contributed by atoms with Gasteiger partial charge in [-0.2, -0.15) is 0 Å². The number of hydrogen-bond acceptors (Lipinski definition) is 5. The number of nitrogens with zero attached hydrogens (tertiary/aromatic N) is 3. The number of nitro groups is 1.